The van der Waals surface area contributed by atoms with E-state index in [-0.39, 0.29) is 23.6 Å². The number of hydrogen-bond acceptors (Lipinski definition) is 4. The van der Waals surface area contributed by atoms with Crippen LogP contribution in [-0.4, -0.2) is 15.8 Å². The summed E-state index contributed by atoms with van der Waals surface area (Å²) >= 11 is 6.34. The summed E-state index contributed by atoms with van der Waals surface area (Å²) in [6, 6.07) is 17.4. The highest BCUT2D eigenvalue weighted by molar-refractivity contribution is 6.31. The Hall–Kier alpha value is -3.44. The van der Waals surface area contributed by atoms with E-state index in [9.17, 15) is 9.59 Å². The molecule has 0 aliphatic carbocycles. The maximum atomic E-state index is 13.3. The van der Waals surface area contributed by atoms with Crippen molar-refractivity contribution in [1.82, 2.24) is 9.88 Å². The van der Waals surface area contributed by atoms with Gasteiger partial charge < -0.3 is 9.32 Å². The molecule has 0 saturated heterocycles. The minimum atomic E-state index is -0.594. The van der Waals surface area contributed by atoms with E-state index in [0.717, 1.165) is 11.1 Å². The van der Waals surface area contributed by atoms with Crippen LogP contribution in [0.25, 0.3) is 11.0 Å². The predicted molar refractivity (Wildman–Crippen MR) is 110 cm³/mol. The van der Waals surface area contributed by atoms with Crippen molar-refractivity contribution in [3.05, 3.63) is 111 Å². The second-order valence-corrected chi connectivity index (χ2v) is 7.29. The number of fused-ring (bicyclic) bond motifs is 2. The fourth-order valence-corrected chi connectivity index (χ4v) is 4.02. The summed E-state index contributed by atoms with van der Waals surface area (Å²) in [5.41, 5.74) is 2.07. The third kappa shape index (κ3) is 2.82. The molecule has 1 unspecified atom stereocenters. The van der Waals surface area contributed by atoms with Crippen LogP contribution in [0.2, 0.25) is 5.02 Å². The Kier molecular flexibility index (Phi) is 4.18. The van der Waals surface area contributed by atoms with Gasteiger partial charge in [-0.25, -0.2) is 0 Å². The average molecular weight is 403 g/mol. The number of benzene rings is 2. The minimum Gasteiger partial charge on any atom is -0.450 e. The highest BCUT2D eigenvalue weighted by atomic mass is 35.5. The molecule has 0 bridgehead atoms. The largest absolute Gasteiger partial charge is 0.450 e. The van der Waals surface area contributed by atoms with Gasteiger partial charge in [0.15, 0.2) is 5.43 Å². The molecule has 2 aromatic carbocycles. The van der Waals surface area contributed by atoms with Crippen LogP contribution in [-0.2, 0) is 6.54 Å². The predicted octanol–water partition coefficient (Wildman–Crippen LogP) is 4.59. The summed E-state index contributed by atoms with van der Waals surface area (Å²) in [6.07, 6.45) is 3.32. The molecule has 1 aliphatic rings. The fraction of sp³-hybridized carbons (Fsp3) is 0.0870. The lowest BCUT2D eigenvalue weighted by molar-refractivity contribution is 0.0714. The molecule has 5 nitrogen and oxygen atoms in total. The molecule has 29 heavy (non-hydrogen) atoms. The van der Waals surface area contributed by atoms with Crippen LogP contribution in [0.4, 0.5) is 0 Å². The first-order valence-electron chi connectivity index (χ1n) is 9.15. The van der Waals surface area contributed by atoms with Crippen molar-refractivity contribution >= 4 is 28.5 Å². The third-order valence-electron chi connectivity index (χ3n) is 5.17. The van der Waals surface area contributed by atoms with E-state index in [4.69, 9.17) is 16.0 Å². The van der Waals surface area contributed by atoms with Crippen LogP contribution in [0.1, 0.15) is 33.3 Å². The summed E-state index contributed by atoms with van der Waals surface area (Å²) in [5, 5.41) is 1.01. The number of halogens is 1. The molecule has 4 aromatic rings. The maximum Gasteiger partial charge on any atom is 0.291 e. The van der Waals surface area contributed by atoms with Crippen LogP contribution < -0.4 is 5.43 Å². The van der Waals surface area contributed by atoms with Gasteiger partial charge in [0.1, 0.15) is 5.58 Å². The van der Waals surface area contributed by atoms with Crippen LogP contribution in [0, 0.1) is 0 Å². The first-order chi connectivity index (χ1) is 14.1. The van der Waals surface area contributed by atoms with Crippen LogP contribution in [0.5, 0.6) is 0 Å². The Morgan fingerprint density at radius 3 is 2.59 bits per heavy atom. The van der Waals surface area contributed by atoms with Gasteiger partial charge in [-0.05, 0) is 35.4 Å². The molecule has 3 heterocycles. The molecule has 6 heteroatoms. The molecule has 0 spiro atoms. The zero-order valence-corrected chi connectivity index (χ0v) is 16.0. The SMILES string of the molecule is O=C1c2oc3ccccc3c(=O)c2C(c2cccnc2)N1Cc1ccccc1Cl. The summed E-state index contributed by atoms with van der Waals surface area (Å²) in [5.74, 6) is -0.258. The summed E-state index contributed by atoms with van der Waals surface area (Å²) in [4.78, 5) is 32.5. The van der Waals surface area contributed by atoms with E-state index in [0.29, 0.717) is 21.6 Å². The van der Waals surface area contributed by atoms with Gasteiger partial charge in [0, 0.05) is 24.0 Å². The number of carbonyl (C=O) groups excluding carboxylic acids is 1. The lowest BCUT2D eigenvalue weighted by atomic mass is 9.99. The molecule has 1 atom stereocenters. The van der Waals surface area contributed by atoms with E-state index in [1.807, 2.05) is 24.3 Å². The topological polar surface area (TPSA) is 63.4 Å². The lowest BCUT2D eigenvalue weighted by Crippen LogP contribution is -2.29. The number of pyridine rings is 1. The van der Waals surface area contributed by atoms with E-state index in [1.54, 1.807) is 53.7 Å². The van der Waals surface area contributed by atoms with Gasteiger partial charge in [-0.1, -0.05) is 48.0 Å². The average Bonchev–Trinajstić information content (AvgIpc) is 3.03. The van der Waals surface area contributed by atoms with Gasteiger partial charge in [0.2, 0.25) is 5.76 Å². The molecule has 5 rings (SSSR count). The second-order valence-electron chi connectivity index (χ2n) is 6.88. The summed E-state index contributed by atoms with van der Waals surface area (Å²) < 4.78 is 5.90. The first kappa shape index (κ1) is 17.6. The number of aromatic nitrogens is 1. The van der Waals surface area contributed by atoms with Crippen molar-refractivity contribution in [2.24, 2.45) is 0 Å². The van der Waals surface area contributed by atoms with Crippen LogP contribution in [0.3, 0.4) is 0 Å². The molecule has 1 amide bonds. The van der Waals surface area contributed by atoms with E-state index in [1.165, 1.54) is 0 Å². The van der Waals surface area contributed by atoms with E-state index >= 15 is 0 Å². The van der Waals surface area contributed by atoms with Crippen molar-refractivity contribution in [3.8, 4) is 0 Å². The van der Waals surface area contributed by atoms with Crippen molar-refractivity contribution in [2.75, 3.05) is 0 Å². The van der Waals surface area contributed by atoms with Gasteiger partial charge in [0.05, 0.1) is 17.0 Å². The van der Waals surface area contributed by atoms with Gasteiger partial charge >= 0.3 is 0 Å². The Balaban J connectivity index is 1.74. The van der Waals surface area contributed by atoms with Gasteiger partial charge in [-0.3, -0.25) is 14.6 Å². The van der Waals surface area contributed by atoms with Crippen LogP contribution >= 0.6 is 11.6 Å². The van der Waals surface area contributed by atoms with E-state index < -0.39 is 6.04 Å². The molecule has 1 aliphatic heterocycles. The molecular weight excluding hydrogens is 388 g/mol. The molecule has 2 aromatic heterocycles. The Morgan fingerprint density at radius 2 is 1.79 bits per heavy atom. The molecule has 0 N–H and O–H groups in total. The van der Waals surface area contributed by atoms with Crippen molar-refractivity contribution in [1.29, 1.82) is 0 Å². The minimum absolute atomic E-state index is 0.0783. The molecule has 0 radical (unpaired) electrons. The van der Waals surface area contributed by atoms with Gasteiger partial charge in [0.25, 0.3) is 5.91 Å². The zero-order chi connectivity index (χ0) is 20.0. The van der Waals surface area contributed by atoms with Crippen molar-refractivity contribution < 1.29 is 9.21 Å². The number of rotatable bonds is 3. The molecule has 0 fully saturated rings. The Bertz CT molecular complexity index is 1300. The Morgan fingerprint density at radius 1 is 1.00 bits per heavy atom. The second kappa shape index (κ2) is 6.87. The zero-order valence-electron chi connectivity index (χ0n) is 15.2. The van der Waals surface area contributed by atoms with Gasteiger partial charge in [-0.2, -0.15) is 0 Å². The van der Waals surface area contributed by atoms with Crippen LogP contribution in [0.15, 0.2) is 82.3 Å². The molecule has 142 valence electrons. The standard InChI is InChI=1S/C23H15ClN2O3/c24-17-9-3-1-6-15(17)13-26-20(14-7-5-11-25-12-14)19-21(27)16-8-2-4-10-18(16)29-22(19)23(26)28/h1-12,20H,13H2. The van der Waals surface area contributed by atoms with E-state index in [2.05, 4.69) is 4.98 Å². The van der Waals surface area contributed by atoms with Gasteiger partial charge in [-0.15, -0.1) is 0 Å². The third-order valence-corrected chi connectivity index (χ3v) is 5.54. The monoisotopic (exact) mass is 402 g/mol. The van der Waals surface area contributed by atoms with Crippen molar-refractivity contribution in [3.63, 3.8) is 0 Å². The maximum absolute atomic E-state index is 13.3. The lowest BCUT2D eigenvalue weighted by Gasteiger charge is -2.25. The number of carbonyl (C=O) groups is 1. The molecular formula is C23H15ClN2O3. The Labute approximate surface area is 171 Å². The number of para-hydroxylation sites is 1. The number of amides is 1. The summed E-state index contributed by atoms with van der Waals surface area (Å²) in [6.45, 7) is 0.248. The first-order valence-corrected chi connectivity index (χ1v) is 9.53. The normalized spacial score (nSPS) is 15.7. The number of nitrogens with zero attached hydrogens (tertiary/aromatic N) is 2. The smallest absolute Gasteiger partial charge is 0.291 e. The van der Waals surface area contributed by atoms with Crippen molar-refractivity contribution in [2.45, 2.75) is 12.6 Å². The highest BCUT2D eigenvalue weighted by Crippen LogP contribution is 2.39. The summed E-state index contributed by atoms with van der Waals surface area (Å²) in [7, 11) is 0. The molecule has 0 saturated carbocycles. The highest BCUT2D eigenvalue weighted by Gasteiger charge is 2.42. The number of hydrogen-bond donors (Lipinski definition) is 0. The fourth-order valence-electron chi connectivity index (χ4n) is 3.82. The quantitative estimate of drug-likeness (QED) is 0.503.